The van der Waals surface area contributed by atoms with E-state index in [1.807, 2.05) is 0 Å². The van der Waals surface area contributed by atoms with Crippen LogP contribution < -0.4 is 16.4 Å². The zero-order valence-corrected chi connectivity index (χ0v) is 8.73. The number of nitrogens with one attached hydrogen (secondary N) is 2. The van der Waals surface area contributed by atoms with Crippen LogP contribution >= 0.6 is 0 Å². The molecular formula is C9H15N3O4. The Morgan fingerprint density at radius 1 is 1.44 bits per heavy atom. The summed E-state index contributed by atoms with van der Waals surface area (Å²) < 4.78 is 0. The summed E-state index contributed by atoms with van der Waals surface area (Å²) in [6, 6.07) is -1.65. The van der Waals surface area contributed by atoms with Crippen LogP contribution in [0.3, 0.4) is 0 Å². The van der Waals surface area contributed by atoms with Crippen molar-refractivity contribution in [3.63, 3.8) is 0 Å². The SMILES string of the molecule is C=CC(=O)N[C@@H](CCCNC(N)=O)C(=O)O. The highest BCUT2D eigenvalue weighted by atomic mass is 16.4. The lowest BCUT2D eigenvalue weighted by Crippen LogP contribution is -2.40. The second-order valence-corrected chi connectivity index (χ2v) is 3.04. The van der Waals surface area contributed by atoms with E-state index < -0.39 is 23.9 Å². The first kappa shape index (κ1) is 13.9. The van der Waals surface area contributed by atoms with Gasteiger partial charge in [0, 0.05) is 6.54 Å². The number of carbonyl (C=O) groups excluding carboxylic acids is 2. The van der Waals surface area contributed by atoms with E-state index in [-0.39, 0.29) is 13.0 Å². The average molecular weight is 229 g/mol. The molecule has 7 nitrogen and oxygen atoms in total. The third-order valence-electron chi connectivity index (χ3n) is 1.77. The molecule has 0 saturated carbocycles. The van der Waals surface area contributed by atoms with Crippen LogP contribution in [0.5, 0.6) is 0 Å². The van der Waals surface area contributed by atoms with Crippen molar-refractivity contribution in [1.29, 1.82) is 0 Å². The Morgan fingerprint density at radius 3 is 2.50 bits per heavy atom. The number of hydrogen-bond donors (Lipinski definition) is 4. The Morgan fingerprint density at radius 2 is 2.06 bits per heavy atom. The Balaban J connectivity index is 3.95. The maximum atomic E-state index is 10.9. The summed E-state index contributed by atoms with van der Waals surface area (Å²) in [4.78, 5) is 31.9. The van der Waals surface area contributed by atoms with E-state index in [1.165, 1.54) is 0 Å². The van der Waals surface area contributed by atoms with E-state index in [9.17, 15) is 14.4 Å². The van der Waals surface area contributed by atoms with Crippen molar-refractivity contribution in [2.24, 2.45) is 5.73 Å². The molecule has 0 aliphatic heterocycles. The number of carbonyl (C=O) groups is 3. The van der Waals surface area contributed by atoms with E-state index in [0.29, 0.717) is 6.42 Å². The van der Waals surface area contributed by atoms with Crippen LogP contribution in [-0.4, -0.2) is 35.6 Å². The van der Waals surface area contributed by atoms with Crippen molar-refractivity contribution in [2.45, 2.75) is 18.9 Å². The predicted octanol–water partition coefficient (Wildman–Crippen LogP) is -0.810. The molecule has 0 rings (SSSR count). The van der Waals surface area contributed by atoms with Crippen molar-refractivity contribution in [1.82, 2.24) is 10.6 Å². The lowest BCUT2D eigenvalue weighted by molar-refractivity contribution is -0.141. The number of primary amides is 1. The Hall–Kier alpha value is -2.05. The quantitative estimate of drug-likeness (QED) is 0.337. The molecule has 0 heterocycles. The van der Waals surface area contributed by atoms with Crippen LogP contribution in [0.2, 0.25) is 0 Å². The van der Waals surface area contributed by atoms with Gasteiger partial charge in [-0.2, -0.15) is 0 Å². The van der Waals surface area contributed by atoms with Crippen molar-refractivity contribution in [3.05, 3.63) is 12.7 Å². The topological polar surface area (TPSA) is 122 Å². The number of nitrogens with two attached hydrogens (primary N) is 1. The van der Waals surface area contributed by atoms with Crippen LogP contribution in [0, 0.1) is 0 Å². The number of carboxylic acid groups (broad SMARTS) is 1. The number of rotatable bonds is 7. The van der Waals surface area contributed by atoms with Gasteiger partial charge >= 0.3 is 12.0 Å². The van der Waals surface area contributed by atoms with Gasteiger partial charge in [-0.3, -0.25) is 4.79 Å². The summed E-state index contributed by atoms with van der Waals surface area (Å²) in [6.07, 6.45) is 1.60. The van der Waals surface area contributed by atoms with Gasteiger partial charge in [-0.25, -0.2) is 9.59 Å². The summed E-state index contributed by atoms with van der Waals surface area (Å²) in [5.41, 5.74) is 4.82. The van der Waals surface area contributed by atoms with Gasteiger partial charge in [0.05, 0.1) is 0 Å². The molecule has 0 aromatic carbocycles. The first-order valence-corrected chi connectivity index (χ1v) is 4.66. The number of hydrogen-bond acceptors (Lipinski definition) is 3. The Labute approximate surface area is 92.7 Å². The molecule has 0 aromatic heterocycles. The summed E-state index contributed by atoms with van der Waals surface area (Å²) in [7, 11) is 0. The zero-order valence-electron chi connectivity index (χ0n) is 8.73. The molecule has 0 bridgehead atoms. The fourth-order valence-electron chi connectivity index (χ4n) is 1.01. The molecule has 90 valence electrons. The second-order valence-electron chi connectivity index (χ2n) is 3.04. The minimum atomic E-state index is -1.13. The van der Waals surface area contributed by atoms with Crippen molar-refractivity contribution >= 4 is 17.9 Å². The molecular weight excluding hydrogens is 214 g/mol. The fourth-order valence-corrected chi connectivity index (χ4v) is 1.01. The maximum absolute atomic E-state index is 10.9. The molecule has 0 unspecified atom stereocenters. The van der Waals surface area contributed by atoms with Crippen LogP contribution in [0.4, 0.5) is 4.79 Å². The van der Waals surface area contributed by atoms with Gasteiger partial charge in [0.1, 0.15) is 6.04 Å². The normalized spacial score (nSPS) is 11.2. The van der Waals surface area contributed by atoms with Gasteiger partial charge in [0.2, 0.25) is 5.91 Å². The first-order chi connectivity index (χ1) is 7.47. The van der Waals surface area contributed by atoms with Gasteiger partial charge < -0.3 is 21.5 Å². The fraction of sp³-hybridized carbons (Fsp3) is 0.444. The van der Waals surface area contributed by atoms with E-state index in [1.54, 1.807) is 0 Å². The van der Waals surface area contributed by atoms with E-state index in [0.717, 1.165) is 6.08 Å². The second kappa shape index (κ2) is 7.27. The zero-order chi connectivity index (χ0) is 12.6. The molecule has 0 radical (unpaired) electrons. The smallest absolute Gasteiger partial charge is 0.326 e. The molecule has 0 aliphatic carbocycles. The van der Waals surface area contributed by atoms with Crippen molar-refractivity contribution in [3.8, 4) is 0 Å². The van der Waals surface area contributed by atoms with Crippen molar-refractivity contribution < 1.29 is 19.5 Å². The molecule has 1 atom stereocenters. The number of amides is 3. The van der Waals surface area contributed by atoms with Gasteiger partial charge in [-0.05, 0) is 18.9 Å². The van der Waals surface area contributed by atoms with Crippen LogP contribution in [0.1, 0.15) is 12.8 Å². The third kappa shape index (κ3) is 6.41. The minimum absolute atomic E-state index is 0.204. The lowest BCUT2D eigenvalue weighted by Gasteiger charge is -2.12. The largest absolute Gasteiger partial charge is 0.480 e. The molecule has 0 fully saturated rings. The lowest BCUT2D eigenvalue weighted by atomic mass is 10.1. The highest BCUT2D eigenvalue weighted by Crippen LogP contribution is 1.97. The predicted molar refractivity (Wildman–Crippen MR) is 56.6 cm³/mol. The Bertz CT molecular complexity index is 290. The van der Waals surface area contributed by atoms with Gasteiger partial charge in [0.15, 0.2) is 0 Å². The van der Waals surface area contributed by atoms with Crippen LogP contribution in [-0.2, 0) is 9.59 Å². The highest BCUT2D eigenvalue weighted by molar-refractivity contribution is 5.90. The van der Waals surface area contributed by atoms with Crippen LogP contribution in [0.25, 0.3) is 0 Å². The summed E-state index contributed by atoms with van der Waals surface area (Å²) in [5, 5.41) is 13.3. The molecule has 5 N–H and O–H groups in total. The van der Waals surface area contributed by atoms with E-state index >= 15 is 0 Å². The molecule has 7 heteroatoms. The third-order valence-corrected chi connectivity index (χ3v) is 1.77. The average Bonchev–Trinajstić information content (AvgIpc) is 2.21. The highest BCUT2D eigenvalue weighted by Gasteiger charge is 2.17. The Kier molecular flexibility index (Phi) is 6.34. The monoisotopic (exact) mass is 229 g/mol. The van der Waals surface area contributed by atoms with E-state index in [2.05, 4.69) is 17.2 Å². The summed E-state index contributed by atoms with van der Waals surface area (Å²) in [6.45, 7) is 3.48. The standard InChI is InChI=1S/C9H15N3O4/c1-2-7(13)12-6(8(14)15)4-3-5-11-9(10)16/h2,6H,1,3-5H2,(H,12,13)(H,14,15)(H3,10,11,16)/t6-/m0/s1. The molecule has 0 aromatic rings. The van der Waals surface area contributed by atoms with Gasteiger partial charge in [0.25, 0.3) is 0 Å². The molecule has 0 saturated heterocycles. The molecule has 16 heavy (non-hydrogen) atoms. The molecule has 3 amide bonds. The minimum Gasteiger partial charge on any atom is -0.480 e. The van der Waals surface area contributed by atoms with Crippen LogP contribution in [0.15, 0.2) is 12.7 Å². The summed E-state index contributed by atoms with van der Waals surface area (Å²) in [5.74, 6) is -1.68. The number of urea groups is 1. The first-order valence-electron chi connectivity index (χ1n) is 4.66. The van der Waals surface area contributed by atoms with Crippen molar-refractivity contribution in [2.75, 3.05) is 6.54 Å². The maximum Gasteiger partial charge on any atom is 0.326 e. The molecule has 0 spiro atoms. The van der Waals surface area contributed by atoms with Gasteiger partial charge in [-0.15, -0.1) is 0 Å². The number of aliphatic carboxylic acids is 1. The molecule has 0 aliphatic rings. The summed E-state index contributed by atoms with van der Waals surface area (Å²) >= 11 is 0. The number of carboxylic acids is 1. The van der Waals surface area contributed by atoms with E-state index in [4.69, 9.17) is 10.8 Å². The van der Waals surface area contributed by atoms with Gasteiger partial charge in [-0.1, -0.05) is 6.58 Å².